The van der Waals surface area contributed by atoms with Gasteiger partial charge in [0.1, 0.15) is 12.1 Å². The van der Waals surface area contributed by atoms with E-state index in [9.17, 15) is 4.79 Å². The third-order valence-electron chi connectivity index (χ3n) is 1.39. The molecule has 0 aromatic rings. The van der Waals surface area contributed by atoms with Gasteiger partial charge in [0, 0.05) is 7.11 Å². The van der Waals surface area contributed by atoms with Crippen molar-refractivity contribution in [3.05, 3.63) is 0 Å². The number of ether oxygens (including phenoxy) is 1. The normalized spacial score (nSPS) is 18.9. The van der Waals surface area contributed by atoms with Crippen molar-refractivity contribution < 1.29 is 19.7 Å². The van der Waals surface area contributed by atoms with Crippen molar-refractivity contribution in [1.29, 1.82) is 0 Å². The summed E-state index contributed by atoms with van der Waals surface area (Å²) in [6, 6.07) is -1.18. The number of carboxylic acids is 1. The van der Waals surface area contributed by atoms with Gasteiger partial charge in [-0.05, 0) is 6.92 Å². The molecule has 0 radical (unpaired) electrons. The van der Waals surface area contributed by atoms with Crippen LogP contribution in [0.5, 0.6) is 0 Å². The number of carbonyl (C=O) groups is 1. The fourth-order valence-corrected chi connectivity index (χ4v) is 0.784. The molecule has 0 aliphatic rings. The first kappa shape index (κ1) is 10.3. The maximum absolute atomic E-state index is 10.3. The fraction of sp³-hybridized carbons (Fsp3) is 0.833. The minimum Gasteiger partial charge on any atom is -0.480 e. The lowest BCUT2D eigenvalue weighted by atomic mass is 10.1. The summed E-state index contributed by atoms with van der Waals surface area (Å²) in [5.74, 6) is -1.18. The van der Waals surface area contributed by atoms with E-state index < -0.39 is 24.2 Å². The summed E-state index contributed by atoms with van der Waals surface area (Å²) in [4.78, 5) is 10.3. The number of hydrogen-bond donors (Lipinski definition) is 3. The monoisotopic (exact) mass is 163 g/mol. The van der Waals surface area contributed by atoms with E-state index in [0.717, 1.165) is 0 Å². The van der Waals surface area contributed by atoms with Crippen molar-refractivity contribution in [2.75, 3.05) is 7.11 Å². The Balaban J connectivity index is 4.13. The summed E-state index contributed by atoms with van der Waals surface area (Å²) >= 11 is 0. The number of aliphatic hydroxyl groups excluding tert-OH is 1. The van der Waals surface area contributed by atoms with Crippen molar-refractivity contribution in [3.8, 4) is 0 Å². The lowest BCUT2D eigenvalue weighted by Crippen LogP contribution is -2.48. The predicted octanol–water partition coefficient (Wildman–Crippen LogP) is -1.21. The number of rotatable bonds is 4. The quantitative estimate of drug-likeness (QED) is 0.483. The summed E-state index contributed by atoms with van der Waals surface area (Å²) in [5, 5.41) is 17.4. The molecule has 0 aliphatic carbocycles. The predicted molar refractivity (Wildman–Crippen MR) is 38.1 cm³/mol. The maximum atomic E-state index is 10.3. The molecule has 3 atom stereocenters. The van der Waals surface area contributed by atoms with Gasteiger partial charge in [0.15, 0.2) is 0 Å². The number of aliphatic carboxylic acids is 1. The Bertz CT molecular complexity index is 137. The molecule has 0 aliphatic heterocycles. The number of nitrogens with two attached hydrogens (primary N) is 1. The number of carboxylic acid groups (broad SMARTS) is 1. The molecule has 0 spiro atoms. The minimum atomic E-state index is -1.18. The first-order valence-electron chi connectivity index (χ1n) is 3.20. The number of methoxy groups -OCH3 is 1. The van der Waals surface area contributed by atoms with E-state index in [1.54, 1.807) is 0 Å². The van der Waals surface area contributed by atoms with Crippen LogP contribution in [0, 0.1) is 0 Å². The van der Waals surface area contributed by atoms with Gasteiger partial charge in [-0.1, -0.05) is 0 Å². The van der Waals surface area contributed by atoms with Gasteiger partial charge < -0.3 is 20.7 Å². The highest BCUT2D eigenvalue weighted by atomic mass is 16.5. The van der Waals surface area contributed by atoms with Gasteiger partial charge in [0.2, 0.25) is 0 Å². The van der Waals surface area contributed by atoms with Crippen molar-refractivity contribution in [1.82, 2.24) is 0 Å². The molecule has 11 heavy (non-hydrogen) atoms. The summed E-state index contributed by atoms with van der Waals surface area (Å²) < 4.78 is 4.68. The molecular formula is C6H13NO4. The zero-order chi connectivity index (χ0) is 9.02. The van der Waals surface area contributed by atoms with Crippen LogP contribution < -0.4 is 5.73 Å². The van der Waals surface area contributed by atoms with E-state index in [-0.39, 0.29) is 0 Å². The van der Waals surface area contributed by atoms with Crippen LogP contribution >= 0.6 is 0 Å². The molecular weight excluding hydrogens is 150 g/mol. The van der Waals surface area contributed by atoms with Crippen LogP contribution in [-0.2, 0) is 9.53 Å². The molecule has 5 nitrogen and oxygen atoms in total. The Morgan fingerprint density at radius 1 is 1.64 bits per heavy atom. The zero-order valence-corrected chi connectivity index (χ0v) is 6.52. The topological polar surface area (TPSA) is 92.8 Å². The first-order valence-corrected chi connectivity index (χ1v) is 3.20. The van der Waals surface area contributed by atoms with Crippen LogP contribution in [-0.4, -0.2) is 41.5 Å². The Labute approximate surface area is 64.8 Å². The average Bonchev–Trinajstić information content (AvgIpc) is 1.88. The van der Waals surface area contributed by atoms with Crippen LogP contribution in [0.15, 0.2) is 0 Å². The van der Waals surface area contributed by atoms with E-state index in [0.29, 0.717) is 0 Å². The molecule has 0 aromatic heterocycles. The van der Waals surface area contributed by atoms with Gasteiger partial charge in [-0.15, -0.1) is 0 Å². The second kappa shape index (κ2) is 4.27. The number of aliphatic hydroxyl groups is 1. The van der Waals surface area contributed by atoms with Gasteiger partial charge >= 0.3 is 5.97 Å². The fourth-order valence-electron chi connectivity index (χ4n) is 0.784. The van der Waals surface area contributed by atoms with Gasteiger partial charge in [-0.2, -0.15) is 0 Å². The molecule has 0 saturated carbocycles. The van der Waals surface area contributed by atoms with Crippen LogP contribution in [0.1, 0.15) is 6.92 Å². The molecule has 0 rings (SSSR count). The second-order valence-corrected chi connectivity index (χ2v) is 2.30. The van der Waals surface area contributed by atoms with E-state index in [4.69, 9.17) is 15.9 Å². The standard InChI is InChI=1S/C6H13NO4/c1-3(8)5(11-2)4(7)6(9)10/h3-5,8H,7H2,1-2H3,(H,9,10)/t3-,4-,5-/m0/s1. The molecule has 0 amide bonds. The molecule has 0 unspecified atom stereocenters. The van der Waals surface area contributed by atoms with Gasteiger partial charge in [0.05, 0.1) is 6.10 Å². The number of hydrogen-bond acceptors (Lipinski definition) is 4. The van der Waals surface area contributed by atoms with Crippen LogP contribution in [0.3, 0.4) is 0 Å². The van der Waals surface area contributed by atoms with Gasteiger partial charge in [-0.25, -0.2) is 0 Å². The third-order valence-corrected chi connectivity index (χ3v) is 1.39. The average molecular weight is 163 g/mol. The molecule has 4 N–H and O–H groups in total. The summed E-state index contributed by atoms with van der Waals surface area (Å²) in [6.07, 6.45) is -1.74. The first-order chi connectivity index (χ1) is 5.00. The van der Waals surface area contributed by atoms with Crippen molar-refractivity contribution in [2.45, 2.75) is 25.2 Å². The lowest BCUT2D eigenvalue weighted by molar-refractivity contribution is -0.144. The van der Waals surface area contributed by atoms with E-state index in [1.165, 1.54) is 14.0 Å². The van der Waals surface area contributed by atoms with E-state index in [2.05, 4.69) is 4.74 Å². The molecule has 5 heteroatoms. The Morgan fingerprint density at radius 2 is 2.09 bits per heavy atom. The highest BCUT2D eigenvalue weighted by molar-refractivity contribution is 5.74. The second-order valence-electron chi connectivity index (χ2n) is 2.30. The van der Waals surface area contributed by atoms with Gasteiger partial charge in [-0.3, -0.25) is 4.79 Å². The SMILES string of the molecule is CO[C@@H]([C@H](C)O)[C@H](N)C(=O)O. The third kappa shape index (κ3) is 2.83. The van der Waals surface area contributed by atoms with Crippen LogP contribution in [0.25, 0.3) is 0 Å². The molecule has 0 bridgehead atoms. The Hall–Kier alpha value is -0.650. The highest BCUT2D eigenvalue weighted by Crippen LogP contribution is 2.01. The minimum absolute atomic E-state index is 0.854. The summed E-state index contributed by atoms with van der Waals surface area (Å²) in [7, 11) is 1.31. The Kier molecular flexibility index (Phi) is 4.02. The zero-order valence-electron chi connectivity index (χ0n) is 6.52. The van der Waals surface area contributed by atoms with Crippen molar-refractivity contribution in [2.24, 2.45) is 5.73 Å². The van der Waals surface area contributed by atoms with Gasteiger partial charge in [0.25, 0.3) is 0 Å². The largest absolute Gasteiger partial charge is 0.480 e. The molecule has 0 saturated heterocycles. The molecule has 0 aromatic carbocycles. The summed E-state index contributed by atoms with van der Waals surface area (Å²) in [6.45, 7) is 1.43. The molecule has 66 valence electrons. The molecule has 0 heterocycles. The maximum Gasteiger partial charge on any atom is 0.323 e. The summed E-state index contributed by atoms with van der Waals surface area (Å²) in [5.41, 5.74) is 5.19. The smallest absolute Gasteiger partial charge is 0.323 e. The van der Waals surface area contributed by atoms with E-state index >= 15 is 0 Å². The highest BCUT2D eigenvalue weighted by Gasteiger charge is 2.27. The van der Waals surface area contributed by atoms with Crippen LogP contribution in [0.4, 0.5) is 0 Å². The van der Waals surface area contributed by atoms with Crippen molar-refractivity contribution in [3.63, 3.8) is 0 Å². The van der Waals surface area contributed by atoms with Crippen molar-refractivity contribution >= 4 is 5.97 Å². The van der Waals surface area contributed by atoms with Crippen LogP contribution in [0.2, 0.25) is 0 Å². The Morgan fingerprint density at radius 3 is 2.18 bits per heavy atom. The molecule has 0 fully saturated rings. The lowest BCUT2D eigenvalue weighted by Gasteiger charge is -2.21. The van der Waals surface area contributed by atoms with E-state index in [1.807, 2.05) is 0 Å².